The number of carbonyl (C=O) groups is 2. The highest BCUT2D eigenvalue weighted by Crippen LogP contribution is 2.28. The minimum Gasteiger partial charge on any atom is -0.352 e. The highest BCUT2D eigenvalue weighted by Gasteiger charge is 2.35. The molecule has 3 aromatic rings. The molecule has 0 spiro atoms. The van der Waals surface area contributed by atoms with E-state index in [2.05, 4.69) is 5.32 Å². The number of rotatable bonds is 11. The molecule has 0 aromatic heterocycles. The monoisotopic (exact) mass is 629 g/mol. The third-order valence-corrected chi connectivity index (χ3v) is 10.00. The molecule has 0 bridgehead atoms. The number of nitrogens with zero attached hydrogens (tertiary/aromatic N) is 2. The van der Waals surface area contributed by atoms with Gasteiger partial charge in [-0.15, -0.1) is 0 Å². The lowest BCUT2D eigenvalue weighted by molar-refractivity contribution is -0.140. The van der Waals surface area contributed by atoms with E-state index in [4.69, 9.17) is 23.2 Å². The van der Waals surface area contributed by atoms with Gasteiger partial charge in [0.05, 0.1) is 10.6 Å². The third kappa shape index (κ3) is 7.65. The minimum absolute atomic E-state index is 0.0116. The predicted molar refractivity (Wildman–Crippen MR) is 168 cm³/mol. The molecule has 3 aromatic carbocycles. The van der Waals surface area contributed by atoms with E-state index in [-0.39, 0.29) is 23.4 Å². The smallest absolute Gasteiger partial charge is 0.264 e. The number of halogens is 2. The Bertz CT molecular complexity index is 1520. The van der Waals surface area contributed by atoms with Crippen molar-refractivity contribution in [3.8, 4) is 0 Å². The summed E-state index contributed by atoms with van der Waals surface area (Å²) < 4.78 is 29.1. The van der Waals surface area contributed by atoms with Crippen LogP contribution in [0.3, 0.4) is 0 Å². The van der Waals surface area contributed by atoms with Gasteiger partial charge >= 0.3 is 0 Å². The molecule has 2 amide bonds. The van der Waals surface area contributed by atoms with Gasteiger partial charge in [0.25, 0.3) is 10.0 Å². The Labute approximate surface area is 258 Å². The molecule has 42 heavy (non-hydrogen) atoms. The number of sulfonamides is 1. The Balaban J connectivity index is 1.73. The molecule has 0 aliphatic heterocycles. The molecule has 7 nitrogen and oxygen atoms in total. The summed E-state index contributed by atoms with van der Waals surface area (Å²) in [4.78, 5) is 29.3. The van der Waals surface area contributed by atoms with Crippen molar-refractivity contribution >= 4 is 50.7 Å². The summed E-state index contributed by atoms with van der Waals surface area (Å²) >= 11 is 12.6. The summed E-state index contributed by atoms with van der Waals surface area (Å²) in [5, 5.41) is 3.91. The van der Waals surface area contributed by atoms with Gasteiger partial charge in [-0.1, -0.05) is 78.9 Å². The number of anilines is 1. The van der Waals surface area contributed by atoms with Crippen LogP contribution in [0.15, 0.2) is 71.6 Å². The van der Waals surface area contributed by atoms with Crippen LogP contribution in [0.1, 0.15) is 55.7 Å². The number of nitrogens with one attached hydrogen (secondary N) is 1. The average molecular weight is 631 g/mol. The molecule has 224 valence electrons. The van der Waals surface area contributed by atoms with Crippen LogP contribution in [-0.2, 0) is 26.2 Å². The van der Waals surface area contributed by atoms with Gasteiger partial charge in [-0.3, -0.25) is 13.9 Å². The molecule has 1 fully saturated rings. The molecule has 4 rings (SSSR count). The quantitative estimate of drug-likeness (QED) is 0.256. The van der Waals surface area contributed by atoms with E-state index in [1.807, 2.05) is 26.8 Å². The van der Waals surface area contributed by atoms with Crippen LogP contribution in [0.4, 0.5) is 5.69 Å². The second-order valence-corrected chi connectivity index (χ2v) is 13.5. The number of amides is 2. The molecule has 1 unspecified atom stereocenters. The van der Waals surface area contributed by atoms with Crippen LogP contribution in [0.2, 0.25) is 10.0 Å². The predicted octanol–water partition coefficient (Wildman–Crippen LogP) is 6.67. The zero-order chi connectivity index (χ0) is 30.4. The summed E-state index contributed by atoms with van der Waals surface area (Å²) in [5.41, 5.74) is 2.72. The van der Waals surface area contributed by atoms with E-state index in [0.717, 1.165) is 41.1 Å². The normalized spacial score (nSPS) is 14.4. The number of hydrogen-bond donors (Lipinski definition) is 1. The van der Waals surface area contributed by atoms with Crippen molar-refractivity contribution < 1.29 is 18.0 Å². The molecule has 10 heteroatoms. The van der Waals surface area contributed by atoms with Gasteiger partial charge in [-0.05, 0) is 80.6 Å². The molecule has 1 saturated carbocycles. The van der Waals surface area contributed by atoms with Crippen LogP contribution in [0, 0.1) is 13.8 Å². The summed E-state index contributed by atoms with van der Waals surface area (Å²) in [6, 6.07) is 17.7. The maximum absolute atomic E-state index is 14.2. The topological polar surface area (TPSA) is 86.8 Å². The van der Waals surface area contributed by atoms with Gasteiger partial charge in [0.15, 0.2) is 0 Å². The first-order valence-corrected chi connectivity index (χ1v) is 16.4. The zero-order valence-corrected chi connectivity index (χ0v) is 26.5. The first kappa shape index (κ1) is 31.9. The summed E-state index contributed by atoms with van der Waals surface area (Å²) in [6.45, 7) is 5.08. The molecular formula is C32H37Cl2N3O4S. The molecule has 1 aliphatic rings. The Hall–Kier alpha value is -3.07. The highest BCUT2D eigenvalue weighted by atomic mass is 35.5. The maximum Gasteiger partial charge on any atom is 0.264 e. The lowest BCUT2D eigenvalue weighted by Crippen LogP contribution is -2.53. The van der Waals surface area contributed by atoms with E-state index < -0.39 is 28.5 Å². The zero-order valence-electron chi connectivity index (χ0n) is 24.1. The number of hydrogen-bond acceptors (Lipinski definition) is 4. The largest absolute Gasteiger partial charge is 0.352 e. The number of carbonyl (C=O) groups excluding carboxylic acids is 2. The van der Waals surface area contributed by atoms with Gasteiger partial charge in [-0.25, -0.2) is 8.42 Å². The summed E-state index contributed by atoms with van der Waals surface area (Å²) in [6.07, 6.45) is 4.23. The number of benzene rings is 3. The summed E-state index contributed by atoms with van der Waals surface area (Å²) in [7, 11) is -4.13. The average Bonchev–Trinajstić information content (AvgIpc) is 3.45. The fourth-order valence-electron chi connectivity index (χ4n) is 5.27. The SMILES string of the molecule is CCC(C(=O)NC1CCCC1)N(Cc1ccc(Cl)cc1Cl)C(=O)CN(c1cccc(C)c1)S(=O)(=O)c1ccc(C)cc1. The lowest BCUT2D eigenvalue weighted by Gasteiger charge is -2.34. The van der Waals surface area contributed by atoms with Gasteiger partial charge < -0.3 is 10.2 Å². The van der Waals surface area contributed by atoms with Gasteiger partial charge in [0.1, 0.15) is 12.6 Å². The van der Waals surface area contributed by atoms with Crippen LogP contribution in [0.25, 0.3) is 0 Å². The van der Waals surface area contributed by atoms with Gasteiger partial charge in [0, 0.05) is 22.6 Å². The molecular weight excluding hydrogens is 593 g/mol. The third-order valence-electron chi connectivity index (χ3n) is 7.62. The first-order chi connectivity index (χ1) is 20.0. The van der Waals surface area contributed by atoms with Crippen molar-refractivity contribution in [1.29, 1.82) is 0 Å². The lowest BCUT2D eigenvalue weighted by atomic mass is 10.1. The Morgan fingerprint density at radius 2 is 1.64 bits per heavy atom. The fraction of sp³-hybridized carbons (Fsp3) is 0.375. The van der Waals surface area contributed by atoms with Crippen molar-refractivity contribution in [3.05, 3.63) is 93.5 Å². The Morgan fingerprint density at radius 1 is 0.952 bits per heavy atom. The Kier molecular flexibility index (Phi) is 10.6. The molecule has 1 aliphatic carbocycles. The molecule has 0 saturated heterocycles. The van der Waals surface area contributed by atoms with Crippen molar-refractivity contribution in [2.45, 2.75) is 76.4 Å². The molecule has 0 heterocycles. The standard InChI is InChI=1S/C32H37Cl2N3O4S/c1-4-30(32(39)35-26-9-5-6-10-26)36(20-24-14-15-25(33)19-29(24)34)31(38)21-37(27-11-7-8-23(3)18-27)42(40,41)28-16-12-22(2)13-17-28/h7-8,11-19,26,30H,4-6,9-10,20-21H2,1-3H3,(H,35,39). The van der Waals surface area contributed by atoms with Crippen molar-refractivity contribution in [1.82, 2.24) is 10.2 Å². The van der Waals surface area contributed by atoms with Crippen LogP contribution < -0.4 is 9.62 Å². The van der Waals surface area contributed by atoms with Crippen molar-refractivity contribution in [2.24, 2.45) is 0 Å². The fourth-order valence-corrected chi connectivity index (χ4v) is 7.14. The molecule has 1 atom stereocenters. The molecule has 1 N–H and O–H groups in total. The van der Waals surface area contributed by atoms with E-state index in [1.165, 1.54) is 17.0 Å². The molecule has 0 radical (unpaired) electrons. The van der Waals surface area contributed by atoms with Gasteiger partial charge in [-0.2, -0.15) is 0 Å². The number of aryl methyl sites for hydroxylation is 2. The highest BCUT2D eigenvalue weighted by molar-refractivity contribution is 7.92. The summed E-state index contributed by atoms with van der Waals surface area (Å²) in [5.74, 6) is -0.780. The van der Waals surface area contributed by atoms with Gasteiger partial charge in [0.2, 0.25) is 11.8 Å². The first-order valence-electron chi connectivity index (χ1n) is 14.2. The second kappa shape index (κ2) is 13.9. The second-order valence-electron chi connectivity index (χ2n) is 10.8. The van der Waals surface area contributed by atoms with E-state index >= 15 is 0 Å². The van der Waals surface area contributed by atoms with E-state index in [9.17, 15) is 18.0 Å². The Morgan fingerprint density at radius 3 is 2.26 bits per heavy atom. The van der Waals surface area contributed by atoms with Crippen LogP contribution in [-0.4, -0.2) is 43.8 Å². The van der Waals surface area contributed by atoms with E-state index in [0.29, 0.717) is 27.7 Å². The van der Waals surface area contributed by atoms with Crippen LogP contribution in [0.5, 0.6) is 0 Å². The van der Waals surface area contributed by atoms with Crippen LogP contribution >= 0.6 is 23.2 Å². The maximum atomic E-state index is 14.2. The van der Waals surface area contributed by atoms with Crippen molar-refractivity contribution in [3.63, 3.8) is 0 Å². The minimum atomic E-state index is -4.13. The van der Waals surface area contributed by atoms with E-state index in [1.54, 1.807) is 48.5 Å². The van der Waals surface area contributed by atoms with Crippen molar-refractivity contribution in [2.75, 3.05) is 10.8 Å².